The van der Waals surface area contributed by atoms with Crippen molar-refractivity contribution in [2.24, 2.45) is 0 Å². The Morgan fingerprint density at radius 1 is 0.524 bits per heavy atom. The predicted molar refractivity (Wildman–Crippen MR) is 94.2 cm³/mol. The minimum absolute atomic E-state index is 0.113. The van der Waals surface area contributed by atoms with E-state index in [0.29, 0.717) is 0 Å². The number of hydrogen-bond acceptors (Lipinski definition) is 0. The molecule has 0 aromatic heterocycles. The quantitative estimate of drug-likeness (QED) is 0.199. The number of rotatable bonds is 17. The molecule has 0 atom stereocenters. The molecule has 0 heterocycles. The molecule has 0 amide bonds. The zero-order chi connectivity index (χ0) is 15.4. The van der Waals surface area contributed by atoms with Crippen molar-refractivity contribution in [3.8, 4) is 0 Å². The van der Waals surface area contributed by atoms with Crippen molar-refractivity contribution in [3.05, 3.63) is 12.2 Å². The average molecular weight is 296 g/mol. The molecule has 0 rings (SSSR count). The first-order chi connectivity index (χ1) is 10.4. The second-order valence-electron chi connectivity index (χ2n) is 6.35. The molecular formula is C20H39O. The summed E-state index contributed by atoms with van der Waals surface area (Å²) < 4.78 is 0. The summed E-state index contributed by atoms with van der Waals surface area (Å²) in [7, 11) is 0. The third kappa shape index (κ3) is 19.7. The highest BCUT2D eigenvalue weighted by Crippen LogP contribution is 2.10. The van der Waals surface area contributed by atoms with Crippen LogP contribution in [0.15, 0.2) is 12.2 Å². The lowest BCUT2D eigenvalue weighted by molar-refractivity contribution is 0.186. The molecule has 0 aromatic carbocycles. The summed E-state index contributed by atoms with van der Waals surface area (Å²) in [5.41, 5.74) is 0. The smallest absolute Gasteiger partial charge is 0.0822 e. The minimum Gasteiger partial charge on any atom is -0.237 e. The molecule has 0 bridgehead atoms. The van der Waals surface area contributed by atoms with Gasteiger partial charge in [-0.25, -0.2) is 5.11 Å². The van der Waals surface area contributed by atoms with Crippen LogP contribution < -0.4 is 0 Å². The van der Waals surface area contributed by atoms with Gasteiger partial charge in [0.1, 0.15) is 0 Å². The lowest BCUT2D eigenvalue weighted by Gasteiger charge is -2.00. The van der Waals surface area contributed by atoms with Crippen LogP contribution in [0, 0.1) is 0 Å². The zero-order valence-corrected chi connectivity index (χ0v) is 14.6. The van der Waals surface area contributed by atoms with Gasteiger partial charge in [0.15, 0.2) is 0 Å². The average Bonchev–Trinajstić information content (AvgIpc) is 2.50. The first kappa shape index (κ1) is 20.7. The van der Waals surface area contributed by atoms with E-state index in [1.807, 2.05) is 0 Å². The maximum atomic E-state index is 10.3. The summed E-state index contributed by atoms with van der Waals surface area (Å²) in [6, 6.07) is 0. The van der Waals surface area contributed by atoms with Crippen LogP contribution in [-0.4, -0.2) is 6.61 Å². The Balaban J connectivity index is 3.02. The molecule has 0 N–H and O–H groups in total. The van der Waals surface area contributed by atoms with E-state index in [1.165, 1.54) is 89.9 Å². The van der Waals surface area contributed by atoms with Crippen LogP contribution in [0.3, 0.4) is 0 Å². The van der Waals surface area contributed by atoms with Crippen molar-refractivity contribution < 1.29 is 5.11 Å². The maximum absolute atomic E-state index is 10.3. The van der Waals surface area contributed by atoms with E-state index in [-0.39, 0.29) is 6.61 Å². The van der Waals surface area contributed by atoms with Crippen molar-refractivity contribution in [2.45, 2.75) is 110 Å². The van der Waals surface area contributed by atoms with Crippen LogP contribution in [0.2, 0.25) is 0 Å². The Bertz CT molecular complexity index is 198. The molecular weight excluding hydrogens is 256 g/mol. The topological polar surface area (TPSA) is 19.9 Å². The Morgan fingerprint density at radius 2 is 0.905 bits per heavy atom. The summed E-state index contributed by atoms with van der Waals surface area (Å²) in [6.07, 6.45) is 25.8. The van der Waals surface area contributed by atoms with E-state index in [9.17, 15) is 5.11 Å². The molecule has 21 heavy (non-hydrogen) atoms. The third-order valence-corrected chi connectivity index (χ3v) is 4.16. The molecule has 1 nitrogen and oxygen atoms in total. The van der Waals surface area contributed by atoms with Gasteiger partial charge in [-0.3, -0.25) is 0 Å². The molecule has 0 unspecified atom stereocenters. The highest BCUT2D eigenvalue weighted by Gasteiger charge is 1.91. The largest absolute Gasteiger partial charge is 0.237 e. The maximum Gasteiger partial charge on any atom is 0.0822 e. The van der Waals surface area contributed by atoms with Crippen LogP contribution in [0.1, 0.15) is 110 Å². The molecule has 0 saturated carbocycles. The van der Waals surface area contributed by atoms with Crippen LogP contribution >= 0.6 is 0 Å². The van der Waals surface area contributed by atoms with Crippen LogP contribution in [0.5, 0.6) is 0 Å². The number of allylic oxidation sites excluding steroid dienone is 2. The number of unbranched alkanes of at least 4 members (excludes halogenated alkanes) is 14. The lowest BCUT2D eigenvalue weighted by Crippen LogP contribution is -1.82. The molecule has 125 valence electrons. The molecule has 0 aliphatic carbocycles. The van der Waals surface area contributed by atoms with Gasteiger partial charge < -0.3 is 0 Å². The van der Waals surface area contributed by atoms with E-state index < -0.39 is 0 Å². The molecule has 1 heteroatoms. The highest BCUT2D eigenvalue weighted by molar-refractivity contribution is 4.81. The van der Waals surface area contributed by atoms with Gasteiger partial charge in [0.25, 0.3) is 0 Å². The van der Waals surface area contributed by atoms with Crippen molar-refractivity contribution in [1.82, 2.24) is 0 Å². The molecule has 0 aromatic rings. The van der Waals surface area contributed by atoms with Gasteiger partial charge in [0, 0.05) is 0 Å². The molecule has 0 aliphatic rings. The number of hydrogen-bond donors (Lipinski definition) is 0. The first-order valence-electron chi connectivity index (χ1n) is 9.65. The minimum atomic E-state index is 0.113. The van der Waals surface area contributed by atoms with Crippen LogP contribution in [0.4, 0.5) is 0 Å². The van der Waals surface area contributed by atoms with E-state index in [2.05, 4.69) is 19.1 Å². The second kappa shape index (κ2) is 19.7. The Labute approximate surface area is 134 Å². The Morgan fingerprint density at radius 3 is 1.33 bits per heavy atom. The summed E-state index contributed by atoms with van der Waals surface area (Å²) in [6.45, 7) is 2.39. The fourth-order valence-electron chi connectivity index (χ4n) is 2.70. The van der Waals surface area contributed by atoms with E-state index in [1.54, 1.807) is 0 Å². The van der Waals surface area contributed by atoms with E-state index in [0.717, 1.165) is 12.8 Å². The summed E-state index contributed by atoms with van der Waals surface area (Å²) in [4.78, 5) is 0. The van der Waals surface area contributed by atoms with E-state index in [4.69, 9.17) is 0 Å². The first-order valence-corrected chi connectivity index (χ1v) is 9.65. The molecule has 0 aliphatic heterocycles. The molecule has 1 radical (unpaired) electrons. The van der Waals surface area contributed by atoms with Crippen LogP contribution in [-0.2, 0) is 5.11 Å². The highest BCUT2D eigenvalue weighted by atomic mass is 16.2. The Kier molecular flexibility index (Phi) is 19.4. The van der Waals surface area contributed by atoms with Crippen molar-refractivity contribution in [1.29, 1.82) is 0 Å². The van der Waals surface area contributed by atoms with Gasteiger partial charge in [-0.05, 0) is 32.1 Å². The van der Waals surface area contributed by atoms with Crippen molar-refractivity contribution >= 4 is 0 Å². The zero-order valence-electron chi connectivity index (χ0n) is 14.6. The van der Waals surface area contributed by atoms with Crippen molar-refractivity contribution in [2.75, 3.05) is 6.61 Å². The van der Waals surface area contributed by atoms with Gasteiger partial charge in [0.05, 0.1) is 6.61 Å². The van der Waals surface area contributed by atoms with Gasteiger partial charge in [-0.2, -0.15) is 0 Å². The van der Waals surface area contributed by atoms with Gasteiger partial charge in [-0.15, -0.1) is 0 Å². The Hall–Kier alpha value is -0.300. The SMILES string of the molecule is CCCCCCCCCCC=CCCCCCCCC[O]. The standard InChI is InChI=1S/C20H39O/c1-2-3-4-5-6-7-8-9-10-11-12-13-14-15-16-17-18-19-20-21/h11-12H,2-10,13-20H2,1H3. The van der Waals surface area contributed by atoms with Gasteiger partial charge >= 0.3 is 0 Å². The van der Waals surface area contributed by atoms with E-state index >= 15 is 0 Å². The monoisotopic (exact) mass is 295 g/mol. The molecule has 0 fully saturated rings. The normalized spacial score (nSPS) is 11.5. The lowest BCUT2D eigenvalue weighted by atomic mass is 10.1. The summed E-state index contributed by atoms with van der Waals surface area (Å²) in [5.74, 6) is 0. The van der Waals surface area contributed by atoms with Gasteiger partial charge in [0.2, 0.25) is 0 Å². The van der Waals surface area contributed by atoms with Gasteiger partial charge in [-0.1, -0.05) is 89.7 Å². The fourth-order valence-corrected chi connectivity index (χ4v) is 2.70. The predicted octanol–water partition coefficient (Wildman–Crippen LogP) is 7.23. The van der Waals surface area contributed by atoms with Crippen molar-refractivity contribution in [3.63, 3.8) is 0 Å². The molecule has 0 saturated heterocycles. The second-order valence-corrected chi connectivity index (χ2v) is 6.35. The fraction of sp³-hybridized carbons (Fsp3) is 0.900. The van der Waals surface area contributed by atoms with Crippen LogP contribution in [0.25, 0.3) is 0 Å². The third-order valence-electron chi connectivity index (χ3n) is 4.16. The summed E-state index contributed by atoms with van der Waals surface area (Å²) in [5, 5.41) is 10.3. The molecule has 0 spiro atoms. The summed E-state index contributed by atoms with van der Waals surface area (Å²) >= 11 is 0.